The second-order valence-electron chi connectivity index (χ2n) is 5.66. The minimum absolute atomic E-state index is 0.226. The second kappa shape index (κ2) is 8.08. The summed E-state index contributed by atoms with van der Waals surface area (Å²) in [6, 6.07) is 7.35. The maximum Gasteiger partial charge on any atom is 0.323 e. The Bertz CT molecular complexity index is 483. The van der Waals surface area contributed by atoms with E-state index >= 15 is 0 Å². The van der Waals surface area contributed by atoms with Crippen LogP contribution in [0.2, 0.25) is 0 Å². The molecule has 0 bridgehead atoms. The fraction of sp³-hybridized carbons (Fsp3) is 0.500. The van der Waals surface area contributed by atoms with Crippen molar-refractivity contribution in [1.82, 2.24) is 4.90 Å². The number of carbonyl (C=O) groups is 2. The van der Waals surface area contributed by atoms with Crippen LogP contribution < -0.4 is 0 Å². The Morgan fingerprint density at radius 1 is 1.14 bits per heavy atom. The van der Waals surface area contributed by atoms with Crippen molar-refractivity contribution < 1.29 is 14.7 Å². The maximum absolute atomic E-state index is 12.4. The first-order valence-electron chi connectivity index (χ1n) is 7.07. The van der Waals surface area contributed by atoms with E-state index in [0.29, 0.717) is 17.4 Å². The number of benzene rings is 1. The first-order chi connectivity index (χ1) is 9.79. The molecule has 0 aromatic heterocycles. The summed E-state index contributed by atoms with van der Waals surface area (Å²) in [5.74, 6) is -0.993. The highest BCUT2D eigenvalue weighted by Gasteiger charge is 2.19. The van der Waals surface area contributed by atoms with E-state index in [1.807, 2.05) is 26.0 Å². The normalized spacial score (nSPS) is 11.0. The third-order valence-electron chi connectivity index (χ3n) is 2.67. The molecule has 1 rings (SSSR count). The molecule has 0 unspecified atom stereocenters. The van der Waals surface area contributed by atoms with Crippen molar-refractivity contribution in [3.05, 3.63) is 29.8 Å². The van der Waals surface area contributed by atoms with Gasteiger partial charge in [0.1, 0.15) is 6.54 Å². The van der Waals surface area contributed by atoms with E-state index in [-0.39, 0.29) is 18.4 Å². The number of hydrogen-bond donors (Lipinski definition) is 1. The number of rotatable bonds is 7. The zero-order valence-corrected chi connectivity index (χ0v) is 13.8. The van der Waals surface area contributed by atoms with E-state index in [9.17, 15) is 9.59 Å². The lowest BCUT2D eigenvalue weighted by molar-refractivity contribution is -0.137. The summed E-state index contributed by atoms with van der Waals surface area (Å²) >= 11 is 1.73. The molecule has 21 heavy (non-hydrogen) atoms. The highest BCUT2D eigenvalue weighted by molar-refractivity contribution is 7.99. The molecule has 1 aromatic carbocycles. The molecule has 0 saturated heterocycles. The molecule has 0 aliphatic heterocycles. The SMILES string of the molecule is CC(C)CN(CC(=O)O)C(=O)c1ccc(SC(C)C)cc1. The Kier molecular flexibility index (Phi) is 6.75. The van der Waals surface area contributed by atoms with Gasteiger partial charge in [-0.15, -0.1) is 11.8 Å². The molecule has 1 amide bonds. The number of hydrogen-bond acceptors (Lipinski definition) is 3. The van der Waals surface area contributed by atoms with Gasteiger partial charge in [-0.25, -0.2) is 0 Å². The van der Waals surface area contributed by atoms with Crippen molar-refractivity contribution in [3.8, 4) is 0 Å². The van der Waals surface area contributed by atoms with Crippen LogP contribution in [0.3, 0.4) is 0 Å². The van der Waals surface area contributed by atoms with Gasteiger partial charge in [0.05, 0.1) is 0 Å². The maximum atomic E-state index is 12.4. The van der Waals surface area contributed by atoms with Crippen molar-refractivity contribution in [3.63, 3.8) is 0 Å². The monoisotopic (exact) mass is 309 g/mol. The fourth-order valence-electron chi connectivity index (χ4n) is 1.95. The van der Waals surface area contributed by atoms with Crippen LogP contribution in [-0.4, -0.2) is 40.2 Å². The van der Waals surface area contributed by atoms with E-state index in [1.54, 1.807) is 23.9 Å². The van der Waals surface area contributed by atoms with Crippen LogP contribution in [-0.2, 0) is 4.79 Å². The van der Waals surface area contributed by atoms with Gasteiger partial charge >= 0.3 is 5.97 Å². The number of aliphatic carboxylic acids is 1. The average molecular weight is 309 g/mol. The minimum atomic E-state index is -0.990. The van der Waals surface area contributed by atoms with Crippen molar-refractivity contribution in [2.75, 3.05) is 13.1 Å². The Morgan fingerprint density at radius 3 is 2.14 bits per heavy atom. The molecule has 5 heteroatoms. The predicted octanol–water partition coefficient (Wildman–Crippen LogP) is 3.37. The van der Waals surface area contributed by atoms with Crippen molar-refractivity contribution in [2.24, 2.45) is 5.92 Å². The Hall–Kier alpha value is -1.49. The van der Waals surface area contributed by atoms with Gasteiger partial charge < -0.3 is 10.0 Å². The van der Waals surface area contributed by atoms with Crippen molar-refractivity contribution in [2.45, 2.75) is 37.8 Å². The number of carboxylic acid groups (broad SMARTS) is 1. The summed E-state index contributed by atoms with van der Waals surface area (Å²) in [5.41, 5.74) is 0.532. The van der Waals surface area contributed by atoms with Gasteiger partial charge in [0.2, 0.25) is 0 Å². The Balaban J connectivity index is 2.84. The fourth-order valence-corrected chi connectivity index (χ4v) is 2.79. The summed E-state index contributed by atoms with van der Waals surface area (Å²) in [7, 11) is 0. The molecule has 0 saturated carbocycles. The van der Waals surface area contributed by atoms with E-state index in [2.05, 4.69) is 13.8 Å². The van der Waals surface area contributed by atoms with Crippen LogP contribution in [0, 0.1) is 5.92 Å². The Morgan fingerprint density at radius 2 is 1.71 bits per heavy atom. The van der Waals surface area contributed by atoms with Gasteiger partial charge in [-0.05, 0) is 30.2 Å². The molecular weight excluding hydrogens is 286 g/mol. The van der Waals surface area contributed by atoms with Crippen LogP contribution in [0.25, 0.3) is 0 Å². The predicted molar refractivity (Wildman–Crippen MR) is 85.8 cm³/mol. The summed E-state index contributed by atoms with van der Waals surface area (Å²) in [4.78, 5) is 25.8. The van der Waals surface area contributed by atoms with Crippen LogP contribution in [0.4, 0.5) is 0 Å². The topological polar surface area (TPSA) is 57.6 Å². The number of carbonyl (C=O) groups excluding carboxylic acids is 1. The molecule has 4 nitrogen and oxygen atoms in total. The zero-order chi connectivity index (χ0) is 16.0. The van der Waals surface area contributed by atoms with Crippen LogP contribution in [0.15, 0.2) is 29.2 Å². The average Bonchev–Trinajstić information content (AvgIpc) is 2.36. The largest absolute Gasteiger partial charge is 0.480 e. The summed E-state index contributed by atoms with van der Waals surface area (Å²) in [6.07, 6.45) is 0. The van der Waals surface area contributed by atoms with Gasteiger partial charge in [-0.1, -0.05) is 27.7 Å². The second-order valence-corrected chi connectivity index (χ2v) is 7.31. The molecule has 1 aromatic rings. The molecule has 0 atom stereocenters. The third-order valence-corrected chi connectivity index (χ3v) is 3.69. The molecule has 0 radical (unpaired) electrons. The van der Waals surface area contributed by atoms with E-state index < -0.39 is 5.97 Å². The zero-order valence-electron chi connectivity index (χ0n) is 13.0. The van der Waals surface area contributed by atoms with Gasteiger partial charge in [0, 0.05) is 22.3 Å². The molecule has 0 aliphatic rings. The smallest absolute Gasteiger partial charge is 0.323 e. The van der Waals surface area contributed by atoms with Crippen molar-refractivity contribution in [1.29, 1.82) is 0 Å². The summed E-state index contributed by atoms with van der Waals surface area (Å²) < 4.78 is 0. The van der Waals surface area contributed by atoms with Crippen LogP contribution >= 0.6 is 11.8 Å². The number of nitrogens with zero attached hydrogens (tertiary/aromatic N) is 1. The molecule has 0 fully saturated rings. The summed E-state index contributed by atoms with van der Waals surface area (Å²) in [5, 5.41) is 9.42. The van der Waals surface area contributed by atoms with Gasteiger partial charge in [0.25, 0.3) is 5.91 Å². The molecule has 0 spiro atoms. The van der Waals surface area contributed by atoms with Crippen molar-refractivity contribution >= 4 is 23.6 Å². The van der Waals surface area contributed by atoms with E-state index in [0.717, 1.165) is 4.90 Å². The van der Waals surface area contributed by atoms with E-state index in [4.69, 9.17) is 5.11 Å². The lowest BCUT2D eigenvalue weighted by Crippen LogP contribution is -2.38. The summed E-state index contributed by atoms with van der Waals surface area (Å²) in [6.45, 7) is 8.32. The lowest BCUT2D eigenvalue weighted by atomic mass is 10.1. The minimum Gasteiger partial charge on any atom is -0.480 e. The first kappa shape index (κ1) is 17.6. The van der Waals surface area contributed by atoms with Gasteiger partial charge in [-0.3, -0.25) is 9.59 Å². The molecule has 0 heterocycles. The quantitative estimate of drug-likeness (QED) is 0.785. The first-order valence-corrected chi connectivity index (χ1v) is 7.95. The molecule has 1 N–H and O–H groups in total. The van der Waals surface area contributed by atoms with Crippen LogP contribution in [0.5, 0.6) is 0 Å². The molecule has 0 aliphatic carbocycles. The Labute approximate surface area is 130 Å². The molecular formula is C16H23NO3S. The van der Waals surface area contributed by atoms with Gasteiger partial charge in [0.15, 0.2) is 0 Å². The lowest BCUT2D eigenvalue weighted by Gasteiger charge is -2.22. The van der Waals surface area contributed by atoms with Gasteiger partial charge in [-0.2, -0.15) is 0 Å². The highest BCUT2D eigenvalue weighted by Crippen LogP contribution is 2.23. The van der Waals surface area contributed by atoms with E-state index in [1.165, 1.54) is 4.90 Å². The number of carboxylic acids is 1. The number of amides is 1. The molecule has 116 valence electrons. The third kappa shape index (κ3) is 6.21. The number of thioether (sulfide) groups is 1. The van der Waals surface area contributed by atoms with Crippen LogP contribution in [0.1, 0.15) is 38.1 Å². The standard InChI is InChI=1S/C16H23NO3S/c1-11(2)9-17(10-15(18)19)16(20)13-5-7-14(8-6-13)21-12(3)4/h5-8,11-12H,9-10H2,1-4H3,(H,18,19). The highest BCUT2D eigenvalue weighted by atomic mass is 32.2.